The quantitative estimate of drug-likeness (QED) is 0.713. The minimum Gasteiger partial charge on any atom is -0.376 e. The first kappa shape index (κ1) is 22.7. The van der Waals surface area contributed by atoms with E-state index in [1.807, 2.05) is 29.2 Å². The highest BCUT2D eigenvalue weighted by atomic mass is 16.5. The van der Waals surface area contributed by atoms with E-state index in [1.165, 1.54) is 0 Å². The third-order valence-electron chi connectivity index (χ3n) is 7.00. The molecule has 2 aromatic carbocycles. The van der Waals surface area contributed by atoms with Gasteiger partial charge in [-0.25, -0.2) is 4.99 Å². The number of fused-ring (bicyclic) bond motifs is 1. The van der Waals surface area contributed by atoms with Crippen molar-refractivity contribution in [1.29, 1.82) is 0 Å². The summed E-state index contributed by atoms with van der Waals surface area (Å²) < 4.78 is 5.56. The number of hydrogen-bond acceptors (Lipinski definition) is 5. The summed E-state index contributed by atoms with van der Waals surface area (Å²) in [5.74, 6) is 0.549. The number of nitrogens with one attached hydrogen (secondary N) is 1. The van der Waals surface area contributed by atoms with Crippen LogP contribution in [0.3, 0.4) is 0 Å². The summed E-state index contributed by atoms with van der Waals surface area (Å²) in [5.41, 5.74) is 3.45. The van der Waals surface area contributed by atoms with Crippen LogP contribution in [0, 0.1) is 5.92 Å². The molecule has 34 heavy (non-hydrogen) atoms. The number of nitrogens with zero attached hydrogens (tertiary/aromatic N) is 3. The Hall–Kier alpha value is -3.03. The van der Waals surface area contributed by atoms with Gasteiger partial charge in [0.15, 0.2) is 0 Å². The second kappa shape index (κ2) is 10.1. The number of rotatable bonds is 6. The summed E-state index contributed by atoms with van der Waals surface area (Å²) in [6, 6.07) is 14.9. The zero-order chi connectivity index (χ0) is 23.5. The van der Waals surface area contributed by atoms with Gasteiger partial charge in [0.2, 0.25) is 0 Å². The lowest BCUT2D eigenvalue weighted by atomic mass is 10.00. The summed E-state index contributed by atoms with van der Waals surface area (Å²) in [7, 11) is 0. The second-order valence-corrected chi connectivity index (χ2v) is 9.54. The number of anilines is 1. The maximum atomic E-state index is 13.4. The molecule has 2 saturated heterocycles. The Kier molecular flexibility index (Phi) is 6.74. The largest absolute Gasteiger partial charge is 0.376 e. The molecule has 1 atom stereocenters. The summed E-state index contributed by atoms with van der Waals surface area (Å²) >= 11 is 0. The van der Waals surface area contributed by atoms with Crippen molar-refractivity contribution in [3.05, 3.63) is 59.7 Å². The number of amides is 2. The molecular weight excluding hydrogens is 428 g/mol. The number of para-hydroxylation sites is 1. The lowest BCUT2D eigenvalue weighted by Gasteiger charge is -2.33. The van der Waals surface area contributed by atoms with Crippen LogP contribution in [-0.4, -0.2) is 61.4 Å². The van der Waals surface area contributed by atoms with E-state index >= 15 is 0 Å². The van der Waals surface area contributed by atoms with Crippen molar-refractivity contribution in [1.82, 2.24) is 10.2 Å². The smallest absolute Gasteiger partial charge is 0.278 e. The maximum Gasteiger partial charge on any atom is 0.278 e. The first-order valence-corrected chi connectivity index (χ1v) is 12.3. The van der Waals surface area contributed by atoms with Crippen molar-refractivity contribution in [2.45, 2.75) is 38.7 Å². The van der Waals surface area contributed by atoms with E-state index in [0.29, 0.717) is 30.2 Å². The summed E-state index contributed by atoms with van der Waals surface area (Å²) in [5, 5.41) is 2.94. The predicted molar refractivity (Wildman–Crippen MR) is 133 cm³/mol. The Labute approximate surface area is 200 Å². The highest BCUT2D eigenvalue weighted by molar-refractivity contribution is 6.54. The molecule has 3 aliphatic rings. The molecular formula is C27H32N4O3. The monoisotopic (exact) mass is 460 g/mol. The van der Waals surface area contributed by atoms with E-state index in [2.05, 4.69) is 17.1 Å². The number of piperidine rings is 1. The molecule has 2 aromatic rings. The van der Waals surface area contributed by atoms with E-state index in [1.54, 1.807) is 24.3 Å². The van der Waals surface area contributed by atoms with Gasteiger partial charge < -0.3 is 10.1 Å². The molecule has 1 unspecified atom stereocenters. The summed E-state index contributed by atoms with van der Waals surface area (Å²) in [6.07, 6.45) is 4.47. The number of carbonyl (C=O) groups excluding carboxylic acids is 2. The van der Waals surface area contributed by atoms with Crippen molar-refractivity contribution < 1.29 is 14.3 Å². The molecule has 0 spiro atoms. The molecule has 5 rings (SSSR count). The van der Waals surface area contributed by atoms with Crippen LogP contribution in [0.15, 0.2) is 53.5 Å². The molecule has 1 N–H and O–H groups in total. The average Bonchev–Trinajstić information content (AvgIpc) is 3.47. The van der Waals surface area contributed by atoms with Gasteiger partial charge >= 0.3 is 0 Å². The van der Waals surface area contributed by atoms with Gasteiger partial charge in [0.05, 0.1) is 24.1 Å². The Bertz CT molecular complexity index is 1070. The lowest BCUT2D eigenvalue weighted by Crippen LogP contribution is -2.44. The third-order valence-corrected chi connectivity index (χ3v) is 7.00. The van der Waals surface area contributed by atoms with Gasteiger partial charge in [-0.15, -0.1) is 0 Å². The first-order chi connectivity index (χ1) is 16.6. The van der Waals surface area contributed by atoms with E-state index in [-0.39, 0.29) is 17.9 Å². The second-order valence-electron chi connectivity index (χ2n) is 9.54. The molecule has 0 radical (unpaired) electrons. The van der Waals surface area contributed by atoms with Crippen molar-refractivity contribution in [2.24, 2.45) is 10.9 Å². The maximum absolute atomic E-state index is 13.4. The fraction of sp³-hybridized carbons (Fsp3) is 0.444. The van der Waals surface area contributed by atoms with E-state index < -0.39 is 0 Å². The fourth-order valence-electron chi connectivity index (χ4n) is 4.84. The third kappa shape index (κ3) is 4.91. The molecule has 3 heterocycles. The van der Waals surface area contributed by atoms with Crippen LogP contribution < -0.4 is 10.2 Å². The normalized spacial score (nSPS) is 22.4. The number of benzene rings is 2. The van der Waals surface area contributed by atoms with Crippen molar-refractivity contribution in [3.8, 4) is 0 Å². The number of ether oxygens (including phenoxy) is 1. The minimum absolute atomic E-state index is 0.0711. The van der Waals surface area contributed by atoms with Crippen LogP contribution in [0.1, 0.15) is 48.5 Å². The van der Waals surface area contributed by atoms with Crippen LogP contribution in [-0.2, 0) is 9.53 Å². The molecule has 7 nitrogen and oxygen atoms in total. The van der Waals surface area contributed by atoms with Gasteiger partial charge in [-0.3, -0.25) is 19.4 Å². The predicted octanol–water partition coefficient (Wildman–Crippen LogP) is 3.75. The van der Waals surface area contributed by atoms with Crippen molar-refractivity contribution in [3.63, 3.8) is 0 Å². The van der Waals surface area contributed by atoms with Gasteiger partial charge in [0, 0.05) is 37.4 Å². The Morgan fingerprint density at radius 1 is 1.09 bits per heavy atom. The number of carbonyl (C=O) groups is 2. The van der Waals surface area contributed by atoms with Gasteiger partial charge in [-0.05, 0) is 61.9 Å². The first-order valence-electron chi connectivity index (χ1n) is 12.3. The van der Waals surface area contributed by atoms with Crippen LogP contribution in [0.5, 0.6) is 0 Å². The molecule has 0 aliphatic carbocycles. The topological polar surface area (TPSA) is 74.2 Å². The van der Waals surface area contributed by atoms with Crippen LogP contribution >= 0.6 is 0 Å². The van der Waals surface area contributed by atoms with Crippen LogP contribution in [0.25, 0.3) is 0 Å². The summed E-state index contributed by atoms with van der Waals surface area (Å²) in [4.78, 5) is 34.7. The molecule has 0 aromatic heterocycles. The molecule has 2 fully saturated rings. The van der Waals surface area contributed by atoms with E-state index in [4.69, 9.17) is 9.73 Å². The van der Waals surface area contributed by atoms with Gasteiger partial charge in [-0.2, -0.15) is 0 Å². The van der Waals surface area contributed by atoms with E-state index in [9.17, 15) is 9.59 Å². The van der Waals surface area contributed by atoms with Crippen LogP contribution in [0.2, 0.25) is 0 Å². The van der Waals surface area contributed by atoms with Gasteiger partial charge in [0.25, 0.3) is 11.8 Å². The van der Waals surface area contributed by atoms with Gasteiger partial charge in [0.1, 0.15) is 5.71 Å². The van der Waals surface area contributed by atoms with Crippen molar-refractivity contribution >= 4 is 28.9 Å². The Morgan fingerprint density at radius 2 is 1.85 bits per heavy atom. The molecule has 0 saturated carbocycles. The fourth-order valence-corrected chi connectivity index (χ4v) is 4.84. The highest BCUT2D eigenvalue weighted by Gasteiger charge is 2.35. The van der Waals surface area contributed by atoms with Crippen molar-refractivity contribution in [2.75, 3.05) is 37.8 Å². The number of likely N-dealkylation sites (tertiary alicyclic amines) is 1. The minimum atomic E-state index is -0.126. The van der Waals surface area contributed by atoms with Gasteiger partial charge in [-0.1, -0.05) is 25.1 Å². The number of aliphatic imine (C=N–C) groups is 1. The standard InChI is InChI=1S/C27H32N4O3/c1-19-12-14-30(15-13-19)18-31-24-7-3-2-6-23(24)25(27(31)33)29-21-10-8-20(9-11-21)26(32)28-17-22-5-4-16-34-22/h2-3,6-11,19,22H,4-5,12-18H2,1H3,(H,28,32). The Balaban J connectivity index is 1.29. The summed E-state index contributed by atoms with van der Waals surface area (Å²) in [6.45, 7) is 6.20. The SMILES string of the molecule is CC1CCN(CN2C(=O)C(=Nc3ccc(C(=O)NCC4CCCO4)cc3)c3ccccc32)CC1. The molecule has 178 valence electrons. The zero-order valence-electron chi connectivity index (χ0n) is 19.7. The molecule has 2 amide bonds. The van der Waals surface area contributed by atoms with E-state index in [0.717, 1.165) is 62.5 Å². The van der Waals surface area contributed by atoms with Crippen LogP contribution in [0.4, 0.5) is 11.4 Å². The lowest BCUT2D eigenvalue weighted by molar-refractivity contribution is -0.112. The number of hydrogen-bond donors (Lipinski definition) is 1. The molecule has 3 aliphatic heterocycles. The molecule has 7 heteroatoms. The average molecular weight is 461 g/mol. The molecule has 0 bridgehead atoms. The highest BCUT2D eigenvalue weighted by Crippen LogP contribution is 2.31. The Morgan fingerprint density at radius 3 is 2.59 bits per heavy atom. The zero-order valence-corrected chi connectivity index (χ0v) is 19.7.